The number of benzene rings is 2. The van der Waals surface area contributed by atoms with Gasteiger partial charge in [-0.15, -0.1) is 10.2 Å². The molecule has 0 radical (unpaired) electrons. The van der Waals surface area contributed by atoms with Crippen molar-refractivity contribution in [1.29, 1.82) is 5.26 Å². The topological polar surface area (TPSA) is 75.2 Å². The molecule has 1 fully saturated rings. The molecular weight excluding hydrogens is 386 g/mol. The average molecular weight is 412 g/mol. The third-order valence-corrected chi connectivity index (χ3v) is 5.37. The molecule has 0 unspecified atom stereocenters. The Morgan fingerprint density at radius 1 is 1.00 bits per heavy atom. The molecule has 1 aliphatic rings. The van der Waals surface area contributed by atoms with Gasteiger partial charge in [0.25, 0.3) is 0 Å². The fourth-order valence-electron chi connectivity index (χ4n) is 3.69. The number of hydrogen-bond donors (Lipinski definition) is 1. The van der Waals surface area contributed by atoms with Crippen molar-refractivity contribution in [3.8, 4) is 34.2 Å². The minimum absolute atomic E-state index is 0.628. The number of hydrogen-bond acceptors (Lipinski definition) is 5. The first-order chi connectivity index (χ1) is 15.2. The van der Waals surface area contributed by atoms with E-state index in [1.807, 2.05) is 34.7 Å². The van der Waals surface area contributed by atoms with E-state index in [9.17, 15) is 0 Å². The summed E-state index contributed by atoms with van der Waals surface area (Å²) in [5.41, 5.74) is 6.51. The molecule has 0 spiro atoms. The van der Waals surface area contributed by atoms with Gasteiger partial charge in [-0.2, -0.15) is 5.26 Å². The van der Waals surface area contributed by atoms with Gasteiger partial charge in [0.2, 0.25) is 5.65 Å². The molecule has 1 N–H and O–H groups in total. The molecule has 0 amide bonds. The van der Waals surface area contributed by atoms with Gasteiger partial charge in [0.05, 0.1) is 24.4 Å². The number of nitriles is 1. The van der Waals surface area contributed by atoms with Crippen molar-refractivity contribution >= 4 is 5.65 Å². The summed E-state index contributed by atoms with van der Waals surface area (Å²) in [4.78, 5) is 0. The highest BCUT2D eigenvalue weighted by Gasteiger charge is 2.17. The number of ether oxygens (including phenoxy) is 1. The van der Waals surface area contributed by atoms with Crippen LogP contribution in [0.5, 0.6) is 5.75 Å². The van der Waals surface area contributed by atoms with E-state index in [0.717, 1.165) is 22.4 Å². The third kappa shape index (κ3) is 4.42. The lowest BCUT2D eigenvalue weighted by Crippen LogP contribution is -2.03. The van der Waals surface area contributed by atoms with Crippen LogP contribution in [0.25, 0.3) is 28.0 Å². The van der Waals surface area contributed by atoms with Crippen molar-refractivity contribution in [2.75, 3.05) is 20.2 Å². The van der Waals surface area contributed by atoms with Crippen molar-refractivity contribution in [2.24, 2.45) is 0 Å². The van der Waals surface area contributed by atoms with Crippen molar-refractivity contribution in [3.05, 3.63) is 72.1 Å². The van der Waals surface area contributed by atoms with E-state index in [1.54, 1.807) is 13.4 Å². The minimum atomic E-state index is 0.628. The second-order valence-corrected chi connectivity index (χ2v) is 7.51. The molecule has 31 heavy (non-hydrogen) atoms. The van der Waals surface area contributed by atoms with Crippen LogP contribution in [0.3, 0.4) is 0 Å². The van der Waals surface area contributed by atoms with Crippen molar-refractivity contribution in [1.82, 2.24) is 19.9 Å². The van der Waals surface area contributed by atoms with Crippen LogP contribution in [-0.4, -0.2) is 34.8 Å². The number of pyridine rings is 1. The average Bonchev–Trinajstić information content (AvgIpc) is 3.54. The van der Waals surface area contributed by atoms with Crippen LogP contribution in [0.15, 0.2) is 60.9 Å². The number of fused-ring (bicyclic) bond motifs is 1. The van der Waals surface area contributed by atoms with Crippen LogP contribution < -0.4 is 10.1 Å². The molecule has 0 saturated carbocycles. The summed E-state index contributed by atoms with van der Waals surface area (Å²) >= 11 is 0. The molecular formula is C25H25N5O. The molecule has 2 aromatic carbocycles. The second-order valence-electron chi connectivity index (χ2n) is 7.51. The van der Waals surface area contributed by atoms with Crippen LogP contribution in [0.2, 0.25) is 0 Å². The molecule has 3 heterocycles. The summed E-state index contributed by atoms with van der Waals surface area (Å²) in [6.45, 7) is 4.56. The Hall–Kier alpha value is -3.69. The summed E-state index contributed by atoms with van der Waals surface area (Å²) in [6.07, 6.45) is 4.47. The number of methoxy groups -OCH3 is 1. The fourth-order valence-corrected chi connectivity index (χ4v) is 3.69. The summed E-state index contributed by atoms with van der Waals surface area (Å²) < 4.78 is 7.47. The highest BCUT2D eigenvalue weighted by molar-refractivity contribution is 5.85. The Bertz CT molecular complexity index is 1190. The molecule has 6 heteroatoms. The highest BCUT2D eigenvalue weighted by Crippen LogP contribution is 2.37. The van der Waals surface area contributed by atoms with Gasteiger partial charge >= 0.3 is 0 Å². The number of aromatic nitrogens is 3. The highest BCUT2D eigenvalue weighted by atomic mass is 16.5. The van der Waals surface area contributed by atoms with Gasteiger partial charge in [0, 0.05) is 5.56 Å². The van der Waals surface area contributed by atoms with Gasteiger partial charge < -0.3 is 10.1 Å². The SMILES string of the molecule is C1CCNC1.COc1cc(-c2ccc(C#N)cc2)c(-c2ccc(C)cc2)n2cnnc12. The molecule has 0 aliphatic carbocycles. The third-order valence-electron chi connectivity index (χ3n) is 5.37. The lowest BCUT2D eigenvalue weighted by molar-refractivity contribution is 0.417. The zero-order chi connectivity index (χ0) is 21.6. The van der Waals surface area contributed by atoms with E-state index in [0.29, 0.717) is 17.0 Å². The quantitative estimate of drug-likeness (QED) is 0.532. The molecule has 6 nitrogen and oxygen atoms in total. The lowest BCUT2D eigenvalue weighted by Gasteiger charge is -2.15. The number of nitrogens with zero attached hydrogens (tertiary/aromatic N) is 4. The van der Waals surface area contributed by atoms with Crippen LogP contribution in [0.1, 0.15) is 24.0 Å². The van der Waals surface area contributed by atoms with E-state index in [1.165, 1.54) is 31.5 Å². The molecule has 1 saturated heterocycles. The maximum absolute atomic E-state index is 9.06. The number of nitrogens with one attached hydrogen (secondary N) is 1. The largest absolute Gasteiger partial charge is 0.493 e. The summed E-state index contributed by atoms with van der Waals surface area (Å²) in [5, 5.41) is 20.6. The molecule has 156 valence electrons. The molecule has 2 aromatic heterocycles. The van der Waals surface area contributed by atoms with E-state index < -0.39 is 0 Å². The van der Waals surface area contributed by atoms with Crippen molar-refractivity contribution < 1.29 is 4.74 Å². The Morgan fingerprint density at radius 3 is 2.26 bits per heavy atom. The molecule has 1 aliphatic heterocycles. The zero-order valence-electron chi connectivity index (χ0n) is 17.8. The van der Waals surface area contributed by atoms with Crippen LogP contribution in [0, 0.1) is 18.3 Å². The van der Waals surface area contributed by atoms with E-state index in [-0.39, 0.29) is 0 Å². The maximum Gasteiger partial charge on any atom is 0.203 e. The van der Waals surface area contributed by atoms with Gasteiger partial charge in [0.1, 0.15) is 6.33 Å². The second kappa shape index (κ2) is 9.41. The predicted octanol–water partition coefficient (Wildman–Crippen LogP) is 4.62. The molecule has 4 aromatic rings. The van der Waals surface area contributed by atoms with E-state index in [4.69, 9.17) is 10.00 Å². The summed E-state index contributed by atoms with van der Waals surface area (Å²) in [5.74, 6) is 0.651. The first-order valence-corrected chi connectivity index (χ1v) is 10.4. The van der Waals surface area contributed by atoms with Crippen LogP contribution >= 0.6 is 0 Å². The standard InChI is InChI=1S/C21H16N4O.C4H9N/c1-14-3-7-17(8-4-14)20-18(16-9-5-15(12-22)6-10-16)11-19(26-2)21-24-23-13-25(20)21;1-2-4-5-3-1/h3-11,13H,1-2H3;5H,1-4H2. The predicted molar refractivity (Wildman–Crippen MR) is 122 cm³/mol. The Morgan fingerprint density at radius 2 is 1.68 bits per heavy atom. The first kappa shape index (κ1) is 20.6. The molecule has 0 bridgehead atoms. The monoisotopic (exact) mass is 411 g/mol. The molecule has 0 atom stereocenters. The first-order valence-electron chi connectivity index (χ1n) is 10.4. The van der Waals surface area contributed by atoms with E-state index >= 15 is 0 Å². The van der Waals surface area contributed by atoms with Gasteiger partial charge in [-0.3, -0.25) is 4.40 Å². The zero-order valence-corrected chi connectivity index (χ0v) is 17.8. The summed E-state index contributed by atoms with van der Waals surface area (Å²) in [7, 11) is 1.62. The van der Waals surface area contributed by atoms with Crippen molar-refractivity contribution in [3.63, 3.8) is 0 Å². The Labute approximate surface area is 182 Å². The van der Waals surface area contributed by atoms with Gasteiger partial charge in [-0.05, 0) is 62.2 Å². The lowest BCUT2D eigenvalue weighted by atomic mass is 9.97. The van der Waals surface area contributed by atoms with Crippen LogP contribution in [-0.2, 0) is 0 Å². The summed E-state index contributed by atoms with van der Waals surface area (Å²) in [6, 6.07) is 20.0. The van der Waals surface area contributed by atoms with Gasteiger partial charge in [0.15, 0.2) is 5.75 Å². The number of aryl methyl sites for hydroxylation is 1. The fraction of sp³-hybridized carbons (Fsp3) is 0.240. The number of rotatable bonds is 3. The van der Waals surface area contributed by atoms with Gasteiger partial charge in [-0.25, -0.2) is 0 Å². The van der Waals surface area contributed by atoms with Crippen molar-refractivity contribution in [2.45, 2.75) is 19.8 Å². The van der Waals surface area contributed by atoms with Crippen LogP contribution in [0.4, 0.5) is 0 Å². The minimum Gasteiger partial charge on any atom is -0.493 e. The van der Waals surface area contributed by atoms with Gasteiger partial charge in [-0.1, -0.05) is 42.0 Å². The smallest absolute Gasteiger partial charge is 0.203 e. The Kier molecular flexibility index (Phi) is 6.25. The normalized spacial score (nSPS) is 12.8. The maximum atomic E-state index is 9.06. The van der Waals surface area contributed by atoms with E-state index in [2.05, 4.69) is 52.8 Å². The molecule has 5 rings (SSSR count). The Balaban J connectivity index is 0.000000407.